The highest BCUT2D eigenvalue weighted by molar-refractivity contribution is 5.79. The number of hydrogen-bond acceptors (Lipinski definition) is 3. The normalized spacial score (nSPS) is 17.3. The molecule has 0 amide bonds. The van der Waals surface area contributed by atoms with E-state index in [2.05, 4.69) is 25.6 Å². The molecule has 1 aliphatic heterocycles. The van der Waals surface area contributed by atoms with Crippen LogP contribution in [0.1, 0.15) is 37.8 Å². The molecule has 22 heavy (non-hydrogen) atoms. The van der Waals surface area contributed by atoms with Crippen LogP contribution in [0.2, 0.25) is 0 Å². The van der Waals surface area contributed by atoms with Crippen LogP contribution in [0, 0.1) is 0 Å². The first-order chi connectivity index (χ1) is 10.8. The third-order valence-electron chi connectivity index (χ3n) is 4.23. The summed E-state index contributed by atoms with van der Waals surface area (Å²) in [5.41, 5.74) is 1.15. The zero-order valence-electron chi connectivity index (χ0n) is 14.0. The number of likely N-dealkylation sites (tertiary alicyclic amines) is 1. The average Bonchev–Trinajstić information content (AvgIpc) is 2.77. The van der Waals surface area contributed by atoms with Gasteiger partial charge in [0, 0.05) is 26.8 Å². The quantitative estimate of drug-likeness (QED) is 0.473. The molecular formula is C16H30N6. The summed E-state index contributed by atoms with van der Waals surface area (Å²) in [6.07, 6.45) is 8.50. The van der Waals surface area contributed by atoms with Gasteiger partial charge >= 0.3 is 0 Å². The molecule has 0 saturated carbocycles. The highest BCUT2D eigenvalue weighted by Gasteiger charge is 2.08. The van der Waals surface area contributed by atoms with Crippen LogP contribution in [0.25, 0.3) is 0 Å². The third kappa shape index (κ3) is 5.67. The van der Waals surface area contributed by atoms with Crippen molar-refractivity contribution in [3.63, 3.8) is 0 Å². The molecule has 0 radical (unpaired) electrons. The summed E-state index contributed by atoms with van der Waals surface area (Å²) in [6.45, 7) is 5.43. The number of rotatable bonds is 6. The van der Waals surface area contributed by atoms with E-state index in [9.17, 15) is 0 Å². The molecule has 1 aromatic rings. The summed E-state index contributed by atoms with van der Waals surface area (Å²) in [6, 6.07) is 2.01. The van der Waals surface area contributed by atoms with E-state index in [1.54, 1.807) is 0 Å². The molecule has 0 bridgehead atoms. The van der Waals surface area contributed by atoms with Crippen LogP contribution >= 0.6 is 0 Å². The van der Waals surface area contributed by atoms with E-state index in [1.165, 1.54) is 45.3 Å². The second kappa shape index (κ2) is 9.46. The van der Waals surface area contributed by atoms with Crippen molar-refractivity contribution in [2.45, 2.75) is 38.6 Å². The Bertz CT molecular complexity index is 445. The minimum atomic E-state index is 0.738. The van der Waals surface area contributed by atoms with Crippen molar-refractivity contribution >= 4 is 5.96 Å². The van der Waals surface area contributed by atoms with Gasteiger partial charge in [0.15, 0.2) is 5.96 Å². The van der Waals surface area contributed by atoms with Gasteiger partial charge in [0.05, 0.1) is 12.2 Å². The van der Waals surface area contributed by atoms with Gasteiger partial charge in [-0.2, -0.15) is 5.10 Å². The number of hydrogen-bond donors (Lipinski definition) is 2. The Morgan fingerprint density at radius 2 is 2.00 bits per heavy atom. The van der Waals surface area contributed by atoms with Crippen LogP contribution in [-0.4, -0.2) is 53.9 Å². The Morgan fingerprint density at radius 1 is 1.23 bits per heavy atom. The van der Waals surface area contributed by atoms with Crippen LogP contribution in [0.15, 0.2) is 17.3 Å². The van der Waals surface area contributed by atoms with E-state index in [0.717, 1.165) is 31.2 Å². The molecular weight excluding hydrogens is 276 g/mol. The minimum absolute atomic E-state index is 0.738. The van der Waals surface area contributed by atoms with Gasteiger partial charge in [-0.3, -0.25) is 9.67 Å². The van der Waals surface area contributed by atoms with Crippen molar-refractivity contribution in [3.05, 3.63) is 18.0 Å². The van der Waals surface area contributed by atoms with Gasteiger partial charge < -0.3 is 15.5 Å². The second-order valence-electron chi connectivity index (χ2n) is 5.91. The Morgan fingerprint density at radius 3 is 2.64 bits per heavy atom. The van der Waals surface area contributed by atoms with Crippen molar-refractivity contribution < 1.29 is 0 Å². The maximum absolute atomic E-state index is 4.27. The lowest BCUT2D eigenvalue weighted by atomic mass is 10.2. The van der Waals surface area contributed by atoms with Gasteiger partial charge in [-0.05, 0) is 45.0 Å². The molecule has 0 unspecified atom stereocenters. The highest BCUT2D eigenvalue weighted by atomic mass is 15.3. The summed E-state index contributed by atoms with van der Waals surface area (Å²) < 4.78 is 1.87. The Labute approximate surface area is 134 Å². The van der Waals surface area contributed by atoms with E-state index in [4.69, 9.17) is 0 Å². The number of aryl methyl sites for hydroxylation is 1. The van der Waals surface area contributed by atoms with Crippen LogP contribution in [-0.2, 0) is 13.6 Å². The second-order valence-corrected chi connectivity index (χ2v) is 5.91. The fourth-order valence-corrected chi connectivity index (χ4v) is 2.84. The molecule has 0 aromatic carbocycles. The Kier molecular flexibility index (Phi) is 7.22. The van der Waals surface area contributed by atoms with Crippen LogP contribution in [0.5, 0.6) is 0 Å². The topological polar surface area (TPSA) is 57.5 Å². The van der Waals surface area contributed by atoms with Crippen LogP contribution in [0.4, 0.5) is 0 Å². The summed E-state index contributed by atoms with van der Waals surface area (Å²) in [5.74, 6) is 0.858. The minimum Gasteiger partial charge on any atom is -0.356 e. The smallest absolute Gasteiger partial charge is 0.191 e. The molecule has 6 nitrogen and oxygen atoms in total. The zero-order valence-corrected chi connectivity index (χ0v) is 14.0. The first-order valence-electron chi connectivity index (χ1n) is 8.43. The molecule has 1 aromatic heterocycles. The summed E-state index contributed by atoms with van der Waals surface area (Å²) >= 11 is 0. The lowest BCUT2D eigenvalue weighted by Gasteiger charge is -2.20. The fourth-order valence-electron chi connectivity index (χ4n) is 2.84. The Balaban J connectivity index is 1.61. The van der Waals surface area contributed by atoms with E-state index in [0.29, 0.717) is 0 Å². The summed E-state index contributed by atoms with van der Waals surface area (Å²) in [5, 5.41) is 10.9. The monoisotopic (exact) mass is 306 g/mol. The summed E-state index contributed by atoms with van der Waals surface area (Å²) in [7, 11) is 3.77. The van der Waals surface area contributed by atoms with Gasteiger partial charge in [-0.25, -0.2) is 0 Å². The van der Waals surface area contributed by atoms with Crippen LogP contribution in [0.3, 0.4) is 0 Å². The molecule has 2 N–H and O–H groups in total. The number of nitrogens with one attached hydrogen (secondary N) is 2. The predicted octanol–water partition coefficient (Wildman–Crippen LogP) is 1.35. The van der Waals surface area contributed by atoms with Crippen molar-refractivity contribution in [1.82, 2.24) is 25.3 Å². The largest absolute Gasteiger partial charge is 0.356 e. The molecule has 0 aliphatic carbocycles. The van der Waals surface area contributed by atoms with Crippen molar-refractivity contribution in [1.29, 1.82) is 0 Å². The van der Waals surface area contributed by atoms with Crippen LogP contribution < -0.4 is 10.6 Å². The average molecular weight is 306 g/mol. The first kappa shape index (κ1) is 16.8. The molecule has 0 spiro atoms. The Hall–Kier alpha value is -1.56. The summed E-state index contributed by atoms with van der Waals surface area (Å²) in [4.78, 5) is 6.87. The molecule has 0 atom stereocenters. The zero-order chi connectivity index (χ0) is 15.6. The van der Waals surface area contributed by atoms with Gasteiger partial charge in [0.25, 0.3) is 0 Å². The molecule has 1 fully saturated rings. The molecule has 124 valence electrons. The molecule has 2 heterocycles. The first-order valence-corrected chi connectivity index (χ1v) is 8.43. The molecule has 6 heteroatoms. The molecule has 1 saturated heterocycles. The number of aliphatic imine (C=N–C) groups is 1. The maximum atomic E-state index is 4.27. The standard InChI is InChI=1S/C16H30N6/c1-17-16(19-14-15-8-10-20-21(15)2)18-9-7-13-22-11-5-3-4-6-12-22/h8,10H,3-7,9,11-14H2,1-2H3,(H2,17,18,19). The van der Waals surface area contributed by atoms with Crippen molar-refractivity contribution in [2.24, 2.45) is 12.0 Å². The number of nitrogens with zero attached hydrogens (tertiary/aromatic N) is 4. The number of guanidine groups is 1. The predicted molar refractivity (Wildman–Crippen MR) is 90.9 cm³/mol. The lowest BCUT2D eigenvalue weighted by Crippen LogP contribution is -2.38. The van der Waals surface area contributed by atoms with Gasteiger partial charge in [0.1, 0.15) is 0 Å². The number of aromatic nitrogens is 2. The highest BCUT2D eigenvalue weighted by Crippen LogP contribution is 2.09. The van der Waals surface area contributed by atoms with E-state index >= 15 is 0 Å². The molecule has 2 rings (SSSR count). The van der Waals surface area contributed by atoms with Gasteiger partial charge in [-0.15, -0.1) is 0 Å². The SMILES string of the molecule is CN=C(NCCCN1CCCCCC1)NCc1ccnn1C. The van der Waals surface area contributed by atoms with Gasteiger partial charge in [0.2, 0.25) is 0 Å². The lowest BCUT2D eigenvalue weighted by molar-refractivity contribution is 0.282. The van der Waals surface area contributed by atoms with Gasteiger partial charge in [-0.1, -0.05) is 12.8 Å². The van der Waals surface area contributed by atoms with E-state index < -0.39 is 0 Å². The van der Waals surface area contributed by atoms with Crippen molar-refractivity contribution in [2.75, 3.05) is 33.2 Å². The third-order valence-corrected chi connectivity index (χ3v) is 4.23. The molecule has 1 aliphatic rings. The fraction of sp³-hybridized carbons (Fsp3) is 0.750. The van der Waals surface area contributed by atoms with E-state index in [-0.39, 0.29) is 0 Å². The van der Waals surface area contributed by atoms with E-state index in [1.807, 2.05) is 31.0 Å². The van der Waals surface area contributed by atoms with Crippen molar-refractivity contribution in [3.8, 4) is 0 Å². The maximum Gasteiger partial charge on any atom is 0.191 e.